The lowest BCUT2D eigenvalue weighted by molar-refractivity contribution is 0.102. The van der Waals surface area contributed by atoms with E-state index in [1.54, 1.807) is 30.3 Å². The zero-order valence-electron chi connectivity index (χ0n) is 12.6. The molecule has 1 aliphatic heterocycles. The second-order valence-corrected chi connectivity index (χ2v) is 6.83. The quantitative estimate of drug-likeness (QED) is 0.880. The third-order valence-electron chi connectivity index (χ3n) is 3.71. The van der Waals surface area contributed by atoms with Gasteiger partial charge in [0, 0.05) is 17.0 Å². The van der Waals surface area contributed by atoms with Crippen LogP contribution >= 0.6 is 11.8 Å². The van der Waals surface area contributed by atoms with Crippen LogP contribution in [-0.4, -0.2) is 38.6 Å². The summed E-state index contributed by atoms with van der Waals surface area (Å²) in [5, 5.41) is 10.7. The molecular weight excluding hydrogens is 333 g/mol. The summed E-state index contributed by atoms with van der Waals surface area (Å²) >= 11 is 1.21. The maximum atomic E-state index is 14.0. The summed E-state index contributed by atoms with van der Waals surface area (Å²) in [6.07, 6.45) is 0.390. The fraction of sp³-hybridized carbons (Fsp3) is 0.312. The van der Waals surface area contributed by atoms with Gasteiger partial charge in [-0.05, 0) is 24.6 Å². The minimum atomic E-state index is -1.23. The Morgan fingerprint density at radius 1 is 1.38 bits per heavy atom. The van der Waals surface area contributed by atoms with Crippen molar-refractivity contribution >= 4 is 23.5 Å². The molecule has 6 nitrogen and oxygen atoms in total. The molecule has 1 aromatic carbocycles. The van der Waals surface area contributed by atoms with Crippen LogP contribution in [0.4, 0.5) is 10.2 Å². The average Bonchev–Trinajstić information content (AvgIpc) is 2.96. The largest absolute Gasteiger partial charge is 0.395 e. The van der Waals surface area contributed by atoms with E-state index in [1.165, 1.54) is 28.6 Å². The van der Waals surface area contributed by atoms with Gasteiger partial charge in [0.2, 0.25) is 0 Å². The third kappa shape index (κ3) is 3.49. The number of carbonyl (C=O) groups is 1. The van der Waals surface area contributed by atoms with Gasteiger partial charge in [-0.15, -0.1) is 11.8 Å². The number of nitrogens with zero attached hydrogens (tertiary/aromatic N) is 2. The second kappa shape index (κ2) is 7.14. The topological polar surface area (TPSA) is 84.2 Å². The monoisotopic (exact) mass is 349 g/mol. The van der Waals surface area contributed by atoms with E-state index in [2.05, 4.69) is 10.3 Å². The smallest absolute Gasteiger partial charge is 0.350 e. The molecule has 3 rings (SSSR count). The van der Waals surface area contributed by atoms with E-state index in [9.17, 15) is 14.0 Å². The maximum Gasteiger partial charge on any atom is 0.350 e. The molecule has 2 aromatic rings. The molecule has 0 saturated carbocycles. The highest BCUT2D eigenvalue weighted by Crippen LogP contribution is 2.42. The van der Waals surface area contributed by atoms with E-state index in [0.717, 1.165) is 0 Å². The number of amides is 1. The van der Waals surface area contributed by atoms with E-state index < -0.39 is 17.2 Å². The van der Waals surface area contributed by atoms with Gasteiger partial charge in [-0.2, -0.15) is 4.98 Å². The van der Waals surface area contributed by atoms with Crippen LogP contribution < -0.4 is 11.0 Å². The highest BCUT2D eigenvalue weighted by Gasteiger charge is 2.36. The lowest BCUT2D eigenvalue weighted by Gasteiger charge is -2.15. The van der Waals surface area contributed by atoms with Crippen molar-refractivity contribution in [3.8, 4) is 0 Å². The number of aliphatic hydroxyl groups is 1. The average molecular weight is 349 g/mol. The van der Waals surface area contributed by atoms with Crippen LogP contribution in [-0.2, 0) is 0 Å². The highest BCUT2D eigenvalue weighted by molar-refractivity contribution is 8.00. The first-order valence-electron chi connectivity index (χ1n) is 7.44. The Kier molecular flexibility index (Phi) is 4.96. The fourth-order valence-electron chi connectivity index (χ4n) is 2.52. The van der Waals surface area contributed by atoms with Crippen LogP contribution in [0.3, 0.4) is 0 Å². The fourth-order valence-corrected chi connectivity index (χ4v) is 3.87. The zero-order valence-corrected chi connectivity index (χ0v) is 13.4. The molecule has 1 aliphatic rings. The number of hydrogen-bond donors (Lipinski definition) is 2. The summed E-state index contributed by atoms with van der Waals surface area (Å²) in [6, 6.07) is 10.0. The summed E-state index contributed by atoms with van der Waals surface area (Å²) < 4.78 is 15.2. The lowest BCUT2D eigenvalue weighted by atomic mass is 10.2. The Morgan fingerprint density at radius 3 is 2.75 bits per heavy atom. The molecule has 0 radical (unpaired) electrons. The number of rotatable bonds is 4. The van der Waals surface area contributed by atoms with Gasteiger partial charge in [-0.1, -0.05) is 18.2 Å². The molecule has 3 atom stereocenters. The van der Waals surface area contributed by atoms with Gasteiger partial charge in [0.15, 0.2) is 0 Å². The number of aromatic nitrogens is 2. The molecule has 2 heterocycles. The Balaban J connectivity index is 1.76. The number of benzene rings is 1. The van der Waals surface area contributed by atoms with E-state index >= 15 is 0 Å². The molecule has 3 unspecified atom stereocenters. The predicted octanol–water partition coefficient (Wildman–Crippen LogP) is 1.83. The van der Waals surface area contributed by atoms with Crippen LogP contribution in [0.15, 0.2) is 47.4 Å². The number of thioether (sulfide) groups is 1. The number of aliphatic hydroxyl groups excluding tert-OH is 1. The molecule has 8 heteroatoms. The molecule has 1 amide bonds. The number of hydrogen-bond acceptors (Lipinski definition) is 5. The van der Waals surface area contributed by atoms with Gasteiger partial charge in [0.05, 0.1) is 6.61 Å². The van der Waals surface area contributed by atoms with E-state index in [-0.39, 0.29) is 30.0 Å². The Bertz CT molecular complexity index is 784. The van der Waals surface area contributed by atoms with Gasteiger partial charge in [0.1, 0.15) is 17.4 Å². The van der Waals surface area contributed by atoms with Gasteiger partial charge in [-0.25, -0.2) is 9.18 Å². The van der Waals surface area contributed by atoms with Gasteiger partial charge < -0.3 is 10.4 Å². The number of halogens is 1. The van der Waals surface area contributed by atoms with Crippen LogP contribution in [0.25, 0.3) is 0 Å². The summed E-state index contributed by atoms with van der Waals surface area (Å²) in [5.74, 6) is -0.263. The highest BCUT2D eigenvalue weighted by atomic mass is 32.2. The van der Waals surface area contributed by atoms with Crippen molar-refractivity contribution in [3.63, 3.8) is 0 Å². The SMILES string of the molecule is O=C(Nc1ccn(C2SC(CO)CC2F)c(=O)n1)c1ccccc1. The van der Waals surface area contributed by atoms with Crippen molar-refractivity contribution in [1.29, 1.82) is 0 Å². The normalized spacial score (nSPS) is 23.2. The molecule has 2 N–H and O–H groups in total. The van der Waals surface area contributed by atoms with Gasteiger partial charge in [-0.3, -0.25) is 9.36 Å². The van der Waals surface area contributed by atoms with Crippen molar-refractivity contribution in [1.82, 2.24) is 9.55 Å². The second-order valence-electron chi connectivity index (χ2n) is 5.41. The summed E-state index contributed by atoms with van der Waals surface area (Å²) in [4.78, 5) is 28.0. The third-order valence-corrected chi connectivity index (χ3v) is 5.24. The molecule has 24 heavy (non-hydrogen) atoms. The molecule has 0 bridgehead atoms. The molecule has 126 valence electrons. The molecule has 1 fully saturated rings. The number of nitrogens with one attached hydrogen (secondary N) is 1. The van der Waals surface area contributed by atoms with E-state index in [4.69, 9.17) is 5.11 Å². The minimum absolute atomic E-state index is 0.113. The first kappa shape index (κ1) is 16.7. The van der Waals surface area contributed by atoms with Crippen molar-refractivity contribution < 1.29 is 14.3 Å². The molecule has 0 spiro atoms. The molecule has 1 saturated heterocycles. The van der Waals surface area contributed by atoms with Crippen LogP contribution in [0, 0.1) is 0 Å². The van der Waals surface area contributed by atoms with Crippen molar-refractivity contribution in [2.24, 2.45) is 0 Å². The first-order valence-corrected chi connectivity index (χ1v) is 8.38. The summed E-state index contributed by atoms with van der Waals surface area (Å²) in [6.45, 7) is -0.130. The maximum absolute atomic E-state index is 14.0. The van der Waals surface area contributed by atoms with Gasteiger partial charge in [0.25, 0.3) is 5.91 Å². The van der Waals surface area contributed by atoms with Crippen LogP contribution in [0.2, 0.25) is 0 Å². The predicted molar refractivity (Wildman–Crippen MR) is 89.9 cm³/mol. The van der Waals surface area contributed by atoms with Crippen LogP contribution in [0.5, 0.6) is 0 Å². The van der Waals surface area contributed by atoms with E-state index in [1.807, 2.05) is 0 Å². The summed E-state index contributed by atoms with van der Waals surface area (Å²) in [7, 11) is 0. The molecule has 0 aliphatic carbocycles. The Hall–Kier alpha value is -2.19. The van der Waals surface area contributed by atoms with Gasteiger partial charge >= 0.3 is 5.69 Å². The zero-order chi connectivity index (χ0) is 17.1. The van der Waals surface area contributed by atoms with E-state index in [0.29, 0.717) is 5.56 Å². The minimum Gasteiger partial charge on any atom is -0.395 e. The molecular formula is C16H16FN3O3S. The number of anilines is 1. The Labute approximate surface area is 141 Å². The van der Waals surface area contributed by atoms with Crippen molar-refractivity contribution in [2.45, 2.75) is 23.2 Å². The van der Waals surface area contributed by atoms with Crippen molar-refractivity contribution in [3.05, 3.63) is 58.6 Å². The standard InChI is InChI=1S/C16H16FN3O3S/c17-12-8-11(9-21)24-15(12)20-7-6-13(19-16(20)23)18-14(22)10-4-2-1-3-5-10/h1-7,11-12,15,21H,8-9H2,(H,18,19,22,23). The lowest BCUT2D eigenvalue weighted by Crippen LogP contribution is -2.29. The number of carbonyl (C=O) groups excluding carboxylic acids is 1. The first-order chi connectivity index (χ1) is 11.6. The Morgan fingerprint density at radius 2 is 2.12 bits per heavy atom. The van der Waals surface area contributed by atoms with Crippen LogP contribution in [0.1, 0.15) is 22.2 Å². The van der Waals surface area contributed by atoms with Crippen molar-refractivity contribution in [2.75, 3.05) is 11.9 Å². The number of alkyl halides is 1. The molecule has 1 aromatic heterocycles. The summed E-state index contributed by atoms with van der Waals surface area (Å²) in [5.41, 5.74) is -0.191.